The summed E-state index contributed by atoms with van der Waals surface area (Å²) in [6, 6.07) is 3.40. The average molecular weight is 273 g/mol. The molecule has 1 rings (SSSR count). The van der Waals surface area contributed by atoms with Gasteiger partial charge < -0.3 is 20.5 Å². The van der Waals surface area contributed by atoms with Gasteiger partial charge in [0.15, 0.2) is 18.1 Å². The van der Waals surface area contributed by atoms with E-state index in [1.165, 1.54) is 7.11 Å². The summed E-state index contributed by atoms with van der Waals surface area (Å²) in [7, 11) is 1.51. The molecule has 0 saturated carbocycles. The van der Waals surface area contributed by atoms with Gasteiger partial charge in [0, 0.05) is 23.2 Å². The van der Waals surface area contributed by atoms with Crippen molar-refractivity contribution in [1.82, 2.24) is 5.32 Å². The van der Waals surface area contributed by atoms with Crippen LogP contribution < -0.4 is 20.5 Å². The predicted octanol–water partition coefficient (Wildman–Crippen LogP) is 1.32. The molecular weight excluding hydrogens is 256 g/mol. The summed E-state index contributed by atoms with van der Waals surface area (Å²) in [5.41, 5.74) is 5.89. The van der Waals surface area contributed by atoms with Gasteiger partial charge in [-0.25, -0.2) is 0 Å². The van der Waals surface area contributed by atoms with Crippen LogP contribution in [-0.4, -0.2) is 26.2 Å². The van der Waals surface area contributed by atoms with Crippen molar-refractivity contribution in [3.63, 3.8) is 0 Å². The Hall–Kier alpha value is -1.46. The summed E-state index contributed by atoms with van der Waals surface area (Å²) in [5, 5.41) is 3.71. The van der Waals surface area contributed by atoms with Crippen LogP contribution in [0.5, 0.6) is 11.5 Å². The standard InChI is InChI=1S/C12H17ClN2O3/c1-3-15-6-8-4-9(13)5-10(17-2)12(8)18-7-11(14)16/h4-5,15H,3,6-7H2,1-2H3,(H2,14,16). The molecule has 5 nitrogen and oxygen atoms in total. The molecule has 0 heterocycles. The molecule has 0 aromatic heterocycles. The summed E-state index contributed by atoms with van der Waals surface area (Å²) in [4.78, 5) is 10.8. The summed E-state index contributed by atoms with van der Waals surface area (Å²) in [6.07, 6.45) is 0. The van der Waals surface area contributed by atoms with E-state index in [4.69, 9.17) is 26.8 Å². The summed E-state index contributed by atoms with van der Waals surface area (Å²) >= 11 is 5.99. The molecule has 6 heteroatoms. The molecule has 0 aliphatic carbocycles. The second-order valence-electron chi connectivity index (χ2n) is 3.63. The van der Waals surface area contributed by atoms with Gasteiger partial charge in [0.1, 0.15) is 0 Å². The van der Waals surface area contributed by atoms with Crippen molar-refractivity contribution in [3.8, 4) is 11.5 Å². The molecule has 0 unspecified atom stereocenters. The van der Waals surface area contributed by atoms with Gasteiger partial charge in [-0.1, -0.05) is 18.5 Å². The number of benzene rings is 1. The van der Waals surface area contributed by atoms with Crippen LogP contribution >= 0.6 is 11.6 Å². The third-order valence-electron chi connectivity index (χ3n) is 2.24. The van der Waals surface area contributed by atoms with Gasteiger partial charge in [0.25, 0.3) is 5.91 Å². The number of rotatable bonds is 7. The van der Waals surface area contributed by atoms with Gasteiger partial charge in [0.2, 0.25) is 0 Å². The fourth-order valence-corrected chi connectivity index (χ4v) is 1.70. The van der Waals surface area contributed by atoms with Gasteiger partial charge in [-0.05, 0) is 12.6 Å². The number of carbonyl (C=O) groups excluding carboxylic acids is 1. The first-order valence-corrected chi connectivity index (χ1v) is 5.94. The lowest BCUT2D eigenvalue weighted by Gasteiger charge is -2.15. The molecular formula is C12H17ClN2O3. The lowest BCUT2D eigenvalue weighted by molar-refractivity contribution is -0.119. The summed E-state index contributed by atoms with van der Waals surface area (Å²) < 4.78 is 10.6. The normalized spacial score (nSPS) is 10.2. The Balaban J connectivity index is 3.02. The van der Waals surface area contributed by atoms with Crippen molar-refractivity contribution in [2.24, 2.45) is 5.73 Å². The Morgan fingerprint density at radius 3 is 2.78 bits per heavy atom. The molecule has 0 fully saturated rings. The van der Waals surface area contributed by atoms with Gasteiger partial charge in [-0.15, -0.1) is 0 Å². The highest BCUT2D eigenvalue weighted by molar-refractivity contribution is 6.30. The van der Waals surface area contributed by atoms with Crippen LogP contribution in [0, 0.1) is 0 Å². The number of ether oxygens (including phenoxy) is 2. The number of amides is 1. The van der Waals surface area contributed by atoms with E-state index in [1.807, 2.05) is 6.92 Å². The van der Waals surface area contributed by atoms with E-state index < -0.39 is 5.91 Å². The van der Waals surface area contributed by atoms with Gasteiger partial charge >= 0.3 is 0 Å². The first-order chi connectivity index (χ1) is 8.58. The van der Waals surface area contributed by atoms with E-state index in [0.29, 0.717) is 23.1 Å². The fourth-order valence-electron chi connectivity index (χ4n) is 1.47. The molecule has 3 N–H and O–H groups in total. The maximum atomic E-state index is 10.8. The predicted molar refractivity (Wildman–Crippen MR) is 70.1 cm³/mol. The molecule has 100 valence electrons. The van der Waals surface area contributed by atoms with Gasteiger partial charge in [-0.3, -0.25) is 4.79 Å². The van der Waals surface area contributed by atoms with E-state index in [2.05, 4.69) is 5.32 Å². The largest absolute Gasteiger partial charge is 0.493 e. The number of halogens is 1. The van der Waals surface area contributed by atoms with Crippen LogP contribution in [0.3, 0.4) is 0 Å². The number of nitrogens with two attached hydrogens (primary N) is 1. The van der Waals surface area contributed by atoms with Crippen molar-refractivity contribution in [1.29, 1.82) is 0 Å². The van der Waals surface area contributed by atoms with Gasteiger partial charge in [0.05, 0.1) is 7.11 Å². The molecule has 0 atom stereocenters. The Morgan fingerprint density at radius 2 is 2.22 bits per heavy atom. The van der Waals surface area contributed by atoms with Crippen molar-refractivity contribution >= 4 is 17.5 Å². The van der Waals surface area contributed by atoms with Crippen molar-refractivity contribution in [3.05, 3.63) is 22.7 Å². The van der Waals surface area contributed by atoms with Crippen LogP contribution in [0.15, 0.2) is 12.1 Å². The zero-order chi connectivity index (χ0) is 13.5. The molecule has 1 aromatic carbocycles. The van der Waals surface area contributed by atoms with Crippen molar-refractivity contribution in [2.75, 3.05) is 20.3 Å². The van der Waals surface area contributed by atoms with Crippen LogP contribution in [0.1, 0.15) is 12.5 Å². The molecule has 1 aromatic rings. The summed E-state index contributed by atoms with van der Waals surface area (Å²) in [6.45, 7) is 3.18. The van der Waals surface area contributed by atoms with Crippen LogP contribution in [0.2, 0.25) is 5.02 Å². The second-order valence-corrected chi connectivity index (χ2v) is 4.07. The Labute approximate surface area is 111 Å². The second kappa shape index (κ2) is 7.08. The zero-order valence-electron chi connectivity index (χ0n) is 10.5. The van der Waals surface area contributed by atoms with E-state index in [0.717, 1.165) is 12.1 Å². The highest BCUT2D eigenvalue weighted by Crippen LogP contribution is 2.34. The monoisotopic (exact) mass is 272 g/mol. The third-order valence-corrected chi connectivity index (χ3v) is 2.46. The maximum Gasteiger partial charge on any atom is 0.255 e. The van der Waals surface area contributed by atoms with Crippen molar-refractivity contribution < 1.29 is 14.3 Å². The fraction of sp³-hybridized carbons (Fsp3) is 0.417. The SMILES string of the molecule is CCNCc1cc(Cl)cc(OC)c1OCC(N)=O. The Bertz CT molecular complexity index is 424. The number of carbonyl (C=O) groups is 1. The number of primary amides is 1. The molecule has 0 aliphatic heterocycles. The molecule has 0 aliphatic rings. The molecule has 0 bridgehead atoms. The van der Waals surface area contributed by atoms with Crippen LogP contribution in [-0.2, 0) is 11.3 Å². The lowest BCUT2D eigenvalue weighted by atomic mass is 10.2. The topological polar surface area (TPSA) is 73.6 Å². The summed E-state index contributed by atoms with van der Waals surface area (Å²) in [5.74, 6) is 0.430. The van der Waals surface area contributed by atoms with E-state index in [9.17, 15) is 4.79 Å². The van der Waals surface area contributed by atoms with E-state index >= 15 is 0 Å². The molecule has 18 heavy (non-hydrogen) atoms. The smallest absolute Gasteiger partial charge is 0.255 e. The molecule has 0 saturated heterocycles. The number of hydrogen-bond donors (Lipinski definition) is 2. The highest BCUT2D eigenvalue weighted by atomic mass is 35.5. The van der Waals surface area contributed by atoms with Gasteiger partial charge in [-0.2, -0.15) is 0 Å². The minimum absolute atomic E-state index is 0.197. The molecule has 1 amide bonds. The number of methoxy groups -OCH3 is 1. The number of nitrogens with one attached hydrogen (secondary N) is 1. The Morgan fingerprint density at radius 1 is 1.50 bits per heavy atom. The first kappa shape index (κ1) is 14.6. The Kier molecular flexibility index (Phi) is 5.74. The van der Waals surface area contributed by atoms with Crippen LogP contribution in [0.4, 0.5) is 0 Å². The highest BCUT2D eigenvalue weighted by Gasteiger charge is 2.13. The minimum atomic E-state index is -0.540. The minimum Gasteiger partial charge on any atom is -0.493 e. The molecule has 0 spiro atoms. The quantitative estimate of drug-likeness (QED) is 0.785. The number of hydrogen-bond acceptors (Lipinski definition) is 4. The average Bonchev–Trinajstić information content (AvgIpc) is 2.33. The van der Waals surface area contributed by atoms with Crippen molar-refractivity contribution in [2.45, 2.75) is 13.5 Å². The van der Waals surface area contributed by atoms with E-state index in [1.54, 1.807) is 12.1 Å². The van der Waals surface area contributed by atoms with Crippen LogP contribution in [0.25, 0.3) is 0 Å². The lowest BCUT2D eigenvalue weighted by Crippen LogP contribution is -2.21. The van der Waals surface area contributed by atoms with E-state index in [-0.39, 0.29) is 6.61 Å². The molecule has 0 radical (unpaired) electrons. The maximum absolute atomic E-state index is 10.8. The zero-order valence-corrected chi connectivity index (χ0v) is 11.2. The first-order valence-electron chi connectivity index (χ1n) is 5.56. The third kappa shape index (κ3) is 4.09.